The predicted octanol–water partition coefficient (Wildman–Crippen LogP) is -0.642. The second kappa shape index (κ2) is 5.62. The Balaban J connectivity index is 4.86. The van der Waals surface area contributed by atoms with Crippen molar-refractivity contribution in [3.05, 3.63) is 0 Å². The lowest BCUT2D eigenvalue weighted by atomic mass is 9.86. The molecule has 1 unspecified atom stereocenters. The van der Waals surface area contributed by atoms with Crippen molar-refractivity contribution in [3.8, 4) is 0 Å². The van der Waals surface area contributed by atoms with Crippen LogP contribution in [0.3, 0.4) is 0 Å². The van der Waals surface area contributed by atoms with Crippen molar-refractivity contribution in [3.63, 3.8) is 0 Å². The van der Waals surface area contributed by atoms with Gasteiger partial charge >= 0.3 is 11.9 Å². The minimum atomic E-state index is -1.28. The molecule has 0 aromatic rings. The van der Waals surface area contributed by atoms with Crippen molar-refractivity contribution in [2.75, 3.05) is 13.1 Å². The zero-order valence-corrected chi connectivity index (χ0v) is 10.1. The van der Waals surface area contributed by atoms with Crippen LogP contribution in [0, 0.1) is 5.41 Å². The molecule has 0 aliphatic rings. The summed E-state index contributed by atoms with van der Waals surface area (Å²) in [4.78, 5) is 33.6. The van der Waals surface area contributed by atoms with Crippen molar-refractivity contribution in [1.82, 2.24) is 4.90 Å². The molecule has 0 rings (SSSR count). The summed E-state index contributed by atoms with van der Waals surface area (Å²) >= 11 is 0. The zero-order valence-electron chi connectivity index (χ0n) is 10.1. The fraction of sp³-hybridized carbons (Fsp3) is 0.700. The maximum Gasteiger partial charge on any atom is 0.323 e. The van der Waals surface area contributed by atoms with E-state index in [-0.39, 0.29) is 0 Å². The lowest BCUT2D eigenvalue weighted by Gasteiger charge is -2.30. The maximum atomic E-state index is 11.8. The highest BCUT2D eigenvalue weighted by Crippen LogP contribution is 2.19. The Kier molecular flexibility index (Phi) is 5.09. The van der Waals surface area contributed by atoms with Crippen LogP contribution in [0.1, 0.15) is 20.8 Å². The summed E-state index contributed by atoms with van der Waals surface area (Å²) in [7, 11) is 0. The van der Waals surface area contributed by atoms with Gasteiger partial charge in [0.25, 0.3) is 0 Å². The molecule has 0 fully saturated rings. The van der Waals surface area contributed by atoms with Crippen LogP contribution < -0.4 is 5.73 Å². The summed E-state index contributed by atoms with van der Waals surface area (Å²) in [6.45, 7) is 3.81. The minimum Gasteiger partial charge on any atom is -0.480 e. The minimum absolute atomic E-state index is 0.563. The van der Waals surface area contributed by atoms with E-state index in [1.54, 1.807) is 20.8 Å². The number of aliphatic carboxylic acids is 2. The number of hydrogen-bond donors (Lipinski definition) is 3. The summed E-state index contributed by atoms with van der Waals surface area (Å²) < 4.78 is 0. The van der Waals surface area contributed by atoms with Crippen LogP contribution >= 0.6 is 0 Å². The summed E-state index contributed by atoms with van der Waals surface area (Å²) in [5, 5.41) is 17.2. The fourth-order valence-electron chi connectivity index (χ4n) is 1.11. The molecule has 98 valence electrons. The molecular weight excluding hydrogens is 228 g/mol. The number of amides is 1. The summed E-state index contributed by atoms with van der Waals surface area (Å²) in [5.74, 6) is -3.23. The van der Waals surface area contributed by atoms with E-state index in [1.807, 2.05) is 0 Å². The van der Waals surface area contributed by atoms with Crippen molar-refractivity contribution in [2.45, 2.75) is 26.8 Å². The third-order valence-electron chi connectivity index (χ3n) is 2.16. The highest BCUT2D eigenvalue weighted by molar-refractivity contribution is 5.88. The number of nitrogens with two attached hydrogens (primary N) is 1. The Morgan fingerprint density at radius 2 is 1.47 bits per heavy atom. The van der Waals surface area contributed by atoms with E-state index in [2.05, 4.69) is 0 Å². The van der Waals surface area contributed by atoms with E-state index in [9.17, 15) is 14.4 Å². The molecule has 0 radical (unpaired) electrons. The first-order valence-corrected chi connectivity index (χ1v) is 5.03. The second-order valence-corrected chi connectivity index (χ2v) is 4.83. The number of hydrogen-bond acceptors (Lipinski definition) is 4. The molecule has 0 saturated heterocycles. The van der Waals surface area contributed by atoms with Crippen LogP contribution in [0.2, 0.25) is 0 Å². The third kappa shape index (κ3) is 5.30. The van der Waals surface area contributed by atoms with Gasteiger partial charge in [0.05, 0.1) is 6.04 Å². The maximum absolute atomic E-state index is 11.8. The lowest BCUT2D eigenvalue weighted by molar-refractivity contribution is -0.150. The SMILES string of the molecule is CC(C)(C)C(N)C(=O)N(CC(=O)O)CC(=O)O. The highest BCUT2D eigenvalue weighted by atomic mass is 16.4. The standard InChI is InChI=1S/C10H18N2O5/c1-10(2,3)8(11)9(17)12(4-6(13)14)5-7(15)16/h8H,4-5,11H2,1-3H3,(H,13,14)(H,15,16). The van der Waals surface area contributed by atoms with Gasteiger partial charge in [-0.3, -0.25) is 14.4 Å². The van der Waals surface area contributed by atoms with Gasteiger partial charge in [0.1, 0.15) is 13.1 Å². The molecule has 0 bridgehead atoms. The first-order chi connectivity index (χ1) is 7.55. The Morgan fingerprint density at radius 1 is 1.12 bits per heavy atom. The first-order valence-electron chi connectivity index (χ1n) is 5.03. The fourth-order valence-corrected chi connectivity index (χ4v) is 1.11. The van der Waals surface area contributed by atoms with E-state index >= 15 is 0 Å². The topological polar surface area (TPSA) is 121 Å². The van der Waals surface area contributed by atoms with E-state index in [1.165, 1.54) is 0 Å². The molecule has 0 spiro atoms. The molecule has 0 aromatic heterocycles. The summed E-state index contributed by atoms with van der Waals surface area (Å²) in [5.41, 5.74) is 5.11. The second-order valence-electron chi connectivity index (χ2n) is 4.83. The van der Waals surface area contributed by atoms with Crippen LogP contribution in [-0.4, -0.2) is 52.1 Å². The van der Waals surface area contributed by atoms with Gasteiger partial charge in [0, 0.05) is 0 Å². The normalized spacial score (nSPS) is 12.9. The van der Waals surface area contributed by atoms with E-state index in [0.29, 0.717) is 0 Å². The largest absolute Gasteiger partial charge is 0.480 e. The monoisotopic (exact) mass is 246 g/mol. The molecule has 7 nitrogen and oxygen atoms in total. The number of carbonyl (C=O) groups excluding carboxylic acids is 1. The molecule has 0 aromatic carbocycles. The molecule has 4 N–H and O–H groups in total. The van der Waals surface area contributed by atoms with E-state index < -0.39 is 42.4 Å². The highest BCUT2D eigenvalue weighted by Gasteiger charge is 2.32. The molecule has 0 aliphatic heterocycles. The van der Waals surface area contributed by atoms with Crippen LogP contribution in [0.15, 0.2) is 0 Å². The van der Waals surface area contributed by atoms with Gasteiger partial charge in [0.2, 0.25) is 5.91 Å². The average molecular weight is 246 g/mol. The van der Waals surface area contributed by atoms with Crippen LogP contribution in [-0.2, 0) is 14.4 Å². The van der Waals surface area contributed by atoms with E-state index in [0.717, 1.165) is 4.90 Å². The quantitative estimate of drug-likeness (QED) is 0.593. The van der Waals surface area contributed by atoms with Gasteiger partial charge in [-0.25, -0.2) is 0 Å². The van der Waals surface area contributed by atoms with Crippen molar-refractivity contribution < 1.29 is 24.6 Å². The van der Waals surface area contributed by atoms with Gasteiger partial charge in [0.15, 0.2) is 0 Å². The van der Waals surface area contributed by atoms with Gasteiger partial charge < -0.3 is 20.8 Å². The summed E-state index contributed by atoms with van der Waals surface area (Å²) in [6.07, 6.45) is 0. The molecule has 1 atom stereocenters. The van der Waals surface area contributed by atoms with Crippen molar-refractivity contribution >= 4 is 17.8 Å². The smallest absolute Gasteiger partial charge is 0.323 e. The van der Waals surface area contributed by atoms with Gasteiger partial charge in [-0.15, -0.1) is 0 Å². The summed E-state index contributed by atoms with van der Waals surface area (Å²) in [6, 6.07) is -0.943. The number of nitrogens with zero attached hydrogens (tertiary/aromatic N) is 1. The predicted molar refractivity (Wildman–Crippen MR) is 59.3 cm³/mol. The zero-order chi connectivity index (χ0) is 13.8. The number of carboxylic acids is 2. The lowest BCUT2D eigenvalue weighted by Crippen LogP contribution is -2.52. The molecule has 0 heterocycles. The van der Waals surface area contributed by atoms with Crippen LogP contribution in [0.5, 0.6) is 0 Å². The average Bonchev–Trinajstić information content (AvgIpc) is 2.11. The number of carbonyl (C=O) groups is 3. The van der Waals surface area contributed by atoms with Crippen molar-refractivity contribution in [2.24, 2.45) is 11.1 Å². The first kappa shape index (κ1) is 15.4. The third-order valence-corrected chi connectivity index (χ3v) is 2.16. The van der Waals surface area contributed by atoms with Crippen molar-refractivity contribution in [1.29, 1.82) is 0 Å². The number of carboxylic acid groups (broad SMARTS) is 2. The Morgan fingerprint density at radius 3 is 1.71 bits per heavy atom. The van der Waals surface area contributed by atoms with Gasteiger partial charge in [-0.1, -0.05) is 20.8 Å². The van der Waals surface area contributed by atoms with Crippen LogP contribution in [0.4, 0.5) is 0 Å². The molecule has 0 aliphatic carbocycles. The Bertz CT molecular complexity index is 305. The van der Waals surface area contributed by atoms with E-state index in [4.69, 9.17) is 15.9 Å². The molecule has 1 amide bonds. The van der Waals surface area contributed by atoms with Gasteiger partial charge in [-0.05, 0) is 5.41 Å². The molecular formula is C10H18N2O5. The molecule has 7 heteroatoms. The molecule has 17 heavy (non-hydrogen) atoms. The Labute approximate surface area is 99.2 Å². The van der Waals surface area contributed by atoms with Crippen LogP contribution in [0.25, 0.3) is 0 Å². The van der Waals surface area contributed by atoms with Gasteiger partial charge in [-0.2, -0.15) is 0 Å². The Hall–Kier alpha value is -1.63. The number of rotatable bonds is 5. The molecule has 0 saturated carbocycles.